The molecule has 12 nitrogen and oxygen atoms in total. The van der Waals surface area contributed by atoms with E-state index in [1.807, 2.05) is 37.3 Å². The molecule has 3 atom stereocenters. The van der Waals surface area contributed by atoms with Crippen LogP contribution in [-0.2, 0) is 14.4 Å². The fourth-order valence-electron chi connectivity index (χ4n) is 4.34. The molecule has 3 unspecified atom stereocenters. The van der Waals surface area contributed by atoms with Crippen molar-refractivity contribution in [3.63, 3.8) is 0 Å². The van der Waals surface area contributed by atoms with Crippen LogP contribution in [0.4, 0.5) is 5.69 Å². The van der Waals surface area contributed by atoms with Gasteiger partial charge in [0.1, 0.15) is 11.7 Å². The van der Waals surface area contributed by atoms with Crippen LogP contribution in [0, 0.1) is 28.6 Å². The molecule has 3 amide bonds. The molecule has 0 spiro atoms. The normalized spacial score (nSPS) is 19.1. The Kier molecular flexibility index (Phi) is 15.4. The van der Waals surface area contributed by atoms with E-state index in [1.165, 1.54) is 25.7 Å². The number of anilines is 1. The lowest BCUT2D eigenvalue weighted by Gasteiger charge is -2.21. The van der Waals surface area contributed by atoms with Gasteiger partial charge in [0, 0.05) is 12.2 Å². The molecule has 45 heavy (non-hydrogen) atoms. The quantitative estimate of drug-likeness (QED) is 0.335. The second-order valence-electron chi connectivity index (χ2n) is 13.4. The van der Waals surface area contributed by atoms with Gasteiger partial charge in [-0.1, -0.05) is 70.9 Å². The summed E-state index contributed by atoms with van der Waals surface area (Å²) in [5, 5.41) is 24.7. The second kappa shape index (κ2) is 18.6. The van der Waals surface area contributed by atoms with Crippen molar-refractivity contribution in [1.82, 2.24) is 30.5 Å². The molecular formula is C33H50N8O4. The summed E-state index contributed by atoms with van der Waals surface area (Å²) in [6.45, 7) is 11.4. The Labute approximate surface area is 267 Å². The lowest BCUT2D eigenvalue weighted by atomic mass is 10.0. The van der Waals surface area contributed by atoms with Crippen LogP contribution < -0.4 is 16.0 Å². The number of benzene rings is 1. The van der Waals surface area contributed by atoms with Gasteiger partial charge in [0.25, 0.3) is 0 Å². The Morgan fingerprint density at radius 2 is 1.76 bits per heavy atom. The third-order valence-electron chi connectivity index (χ3n) is 6.89. The maximum atomic E-state index is 12.1. The summed E-state index contributed by atoms with van der Waals surface area (Å²) in [6.07, 6.45) is 9.34. The van der Waals surface area contributed by atoms with E-state index in [9.17, 15) is 19.2 Å². The van der Waals surface area contributed by atoms with Gasteiger partial charge >= 0.3 is 0 Å². The van der Waals surface area contributed by atoms with Crippen molar-refractivity contribution in [1.29, 1.82) is 5.26 Å². The Hall–Kier alpha value is -4.11. The summed E-state index contributed by atoms with van der Waals surface area (Å²) >= 11 is 0. The van der Waals surface area contributed by atoms with E-state index in [1.54, 1.807) is 22.8 Å². The van der Waals surface area contributed by atoms with Crippen molar-refractivity contribution in [3.05, 3.63) is 42.2 Å². The topological polar surface area (TPSA) is 162 Å². The largest absolute Gasteiger partial charge is 0.346 e. The molecule has 246 valence electrons. The first-order valence-corrected chi connectivity index (χ1v) is 15.6. The van der Waals surface area contributed by atoms with Crippen LogP contribution in [0.15, 0.2) is 36.5 Å². The summed E-state index contributed by atoms with van der Waals surface area (Å²) in [6, 6.07) is 11.4. The van der Waals surface area contributed by atoms with E-state index < -0.39 is 0 Å². The molecule has 12 heteroatoms. The molecule has 0 bridgehead atoms. The number of carbonyl (C=O) groups is 4. The van der Waals surface area contributed by atoms with Crippen LogP contribution in [-0.4, -0.2) is 76.6 Å². The predicted molar refractivity (Wildman–Crippen MR) is 173 cm³/mol. The van der Waals surface area contributed by atoms with Crippen LogP contribution >= 0.6 is 0 Å². The lowest BCUT2D eigenvalue weighted by Crippen LogP contribution is -2.48. The molecule has 0 radical (unpaired) electrons. The third-order valence-corrected chi connectivity index (χ3v) is 6.89. The second-order valence-corrected chi connectivity index (χ2v) is 13.4. The number of hydrogen-bond acceptors (Lipinski definition) is 8. The number of likely N-dealkylation sites (N-methyl/N-ethyl adjacent to an activating group) is 1. The number of rotatable bonds is 10. The fraction of sp³-hybridized carbons (Fsp3) is 0.606. The van der Waals surface area contributed by atoms with Crippen LogP contribution in [0.3, 0.4) is 0 Å². The van der Waals surface area contributed by atoms with E-state index in [0.717, 1.165) is 18.5 Å². The zero-order valence-corrected chi connectivity index (χ0v) is 27.5. The van der Waals surface area contributed by atoms with E-state index in [-0.39, 0.29) is 30.4 Å². The number of nitrogens with zero attached hydrogens (tertiary/aromatic N) is 5. The van der Waals surface area contributed by atoms with Crippen molar-refractivity contribution in [2.75, 3.05) is 25.5 Å². The number of nitrogens with one attached hydrogen (secondary N) is 3. The van der Waals surface area contributed by atoms with Gasteiger partial charge in [-0.15, -0.1) is 5.10 Å². The first-order chi connectivity index (χ1) is 21.4. The van der Waals surface area contributed by atoms with Gasteiger partial charge in [-0.25, -0.2) is 4.68 Å². The summed E-state index contributed by atoms with van der Waals surface area (Å²) in [7, 11) is 1.77. The zero-order valence-electron chi connectivity index (χ0n) is 27.5. The summed E-state index contributed by atoms with van der Waals surface area (Å²) in [5.74, 6) is 0.694. The molecule has 2 saturated carbocycles. The summed E-state index contributed by atoms with van der Waals surface area (Å²) in [5.41, 5.74) is 1.75. The summed E-state index contributed by atoms with van der Waals surface area (Å²) in [4.78, 5) is 45.8. The van der Waals surface area contributed by atoms with E-state index in [4.69, 9.17) is 5.26 Å². The van der Waals surface area contributed by atoms with Crippen LogP contribution in [0.5, 0.6) is 0 Å². The van der Waals surface area contributed by atoms with Crippen molar-refractivity contribution in [2.24, 2.45) is 17.3 Å². The van der Waals surface area contributed by atoms with Crippen LogP contribution in [0.2, 0.25) is 0 Å². The minimum Gasteiger partial charge on any atom is -0.346 e. The number of likely N-dealkylation sites (tertiary alicyclic amines) is 1. The average Bonchev–Trinajstić information content (AvgIpc) is 3.94. The van der Waals surface area contributed by atoms with E-state index >= 15 is 0 Å². The Morgan fingerprint density at radius 3 is 2.24 bits per heavy atom. The minimum atomic E-state index is -0.351. The Balaban J connectivity index is 0.000000242. The molecule has 5 rings (SSSR count). The molecule has 1 aliphatic heterocycles. The van der Waals surface area contributed by atoms with Gasteiger partial charge < -0.3 is 20.9 Å². The fourth-order valence-corrected chi connectivity index (χ4v) is 4.34. The van der Waals surface area contributed by atoms with E-state index in [0.29, 0.717) is 48.2 Å². The van der Waals surface area contributed by atoms with Gasteiger partial charge in [-0.2, -0.15) is 5.26 Å². The smallest absolute Gasteiger partial charge is 0.243 e. The average molecular weight is 623 g/mol. The van der Waals surface area contributed by atoms with Gasteiger partial charge in [-0.3, -0.25) is 19.2 Å². The minimum absolute atomic E-state index is 0.0212. The third kappa shape index (κ3) is 15.4. The molecule has 1 saturated heterocycles. The van der Waals surface area contributed by atoms with Gasteiger partial charge in [-0.05, 0) is 62.1 Å². The molecule has 2 aromatic rings. The molecule has 3 N–H and O–H groups in total. The maximum Gasteiger partial charge on any atom is 0.243 e. The molecule has 3 fully saturated rings. The SMILES string of the molecule is CC(C)(C)C.CNC(CC1CC1)C(=O)NCC(=O)N1CC(C)CC1C#N.O=CNc1ccccc1.O=Cc1cn(C2CC2)nn1. The molecule has 1 aromatic carbocycles. The Morgan fingerprint density at radius 1 is 1.11 bits per heavy atom. The number of nitriles is 1. The van der Waals surface area contributed by atoms with Crippen molar-refractivity contribution in [2.45, 2.75) is 91.3 Å². The van der Waals surface area contributed by atoms with Gasteiger partial charge in [0.15, 0.2) is 6.29 Å². The first-order valence-electron chi connectivity index (χ1n) is 15.6. The molecule has 2 aliphatic carbocycles. The predicted octanol–water partition coefficient (Wildman–Crippen LogP) is 3.98. The highest BCUT2D eigenvalue weighted by Gasteiger charge is 2.34. The highest BCUT2D eigenvalue weighted by Crippen LogP contribution is 2.34. The van der Waals surface area contributed by atoms with Gasteiger partial charge in [0.2, 0.25) is 18.2 Å². The van der Waals surface area contributed by atoms with Crippen LogP contribution in [0.25, 0.3) is 0 Å². The highest BCUT2D eigenvalue weighted by atomic mass is 16.2. The molecule has 2 heterocycles. The monoisotopic (exact) mass is 622 g/mol. The van der Waals surface area contributed by atoms with Crippen molar-refractivity contribution >= 4 is 30.2 Å². The molecular weight excluding hydrogens is 572 g/mol. The maximum absolute atomic E-state index is 12.1. The first kappa shape index (κ1) is 37.1. The number of hydrogen-bond donors (Lipinski definition) is 3. The number of carbonyl (C=O) groups excluding carboxylic acids is 4. The lowest BCUT2D eigenvalue weighted by molar-refractivity contribution is -0.133. The standard InChI is InChI=1S/C15H24N4O2.C7H7NO.C6H7N3O.C5H12/c1-10-5-12(7-16)19(9-10)14(20)8-18-15(21)13(17-2)6-11-3-4-11;9-6-8-7-4-2-1-3-5-7;10-4-5-3-9(8-7-5)6-1-2-6;1-5(2,3)4/h10-13,17H,3-6,8-9H2,1-2H3,(H,18,21);1-6H,(H,8,9);3-4,6H,1-2H2;1-4H3. The molecule has 1 aromatic heterocycles. The number of para-hydroxylation sites is 1. The summed E-state index contributed by atoms with van der Waals surface area (Å²) < 4.78 is 1.75. The highest BCUT2D eigenvalue weighted by molar-refractivity contribution is 5.87. The van der Waals surface area contributed by atoms with Crippen molar-refractivity contribution < 1.29 is 19.2 Å². The molecule has 3 aliphatic rings. The Bertz CT molecular complexity index is 1240. The zero-order chi connectivity index (χ0) is 33.4. The number of aromatic nitrogens is 3. The van der Waals surface area contributed by atoms with Gasteiger partial charge in [0.05, 0.1) is 30.9 Å². The number of amides is 3. The van der Waals surface area contributed by atoms with Crippen LogP contribution in [0.1, 0.15) is 89.7 Å². The van der Waals surface area contributed by atoms with E-state index in [2.05, 4.69) is 60.0 Å². The number of aldehydes is 1. The van der Waals surface area contributed by atoms with Crippen molar-refractivity contribution in [3.8, 4) is 6.07 Å².